The molecule has 7 nitrogen and oxygen atoms in total. The quantitative estimate of drug-likeness (QED) is 0.385. The van der Waals surface area contributed by atoms with Crippen LogP contribution in [0.3, 0.4) is 0 Å². The number of benzene rings is 2. The molecule has 0 radical (unpaired) electrons. The average Bonchev–Trinajstić information content (AvgIpc) is 3.25. The van der Waals surface area contributed by atoms with Crippen molar-refractivity contribution in [3.63, 3.8) is 0 Å². The Morgan fingerprint density at radius 1 is 1.06 bits per heavy atom. The van der Waals surface area contributed by atoms with Crippen molar-refractivity contribution in [1.82, 2.24) is 5.32 Å². The van der Waals surface area contributed by atoms with E-state index in [4.69, 9.17) is 9.52 Å². The second-order valence-corrected chi connectivity index (χ2v) is 8.96. The van der Waals surface area contributed by atoms with Gasteiger partial charge in [0.25, 0.3) is 5.91 Å². The van der Waals surface area contributed by atoms with E-state index in [-0.39, 0.29) is 30.8 Å². The van der Waals surface area contributed by atoms with E-state index in [1.165, 1.54) is 0 Å². The predicted octanol–water partition coefficient (Wildman–Crippen LogP) is 5.37. The summed E-state index contributed by atoms with van der Waals surface area (Å²) in [5, 5.41) is 15.0. The third-order valence-corrected chi connectivity index (χ3v) is 6.50. The Balaban J connectivity index is 1.54. The molecule has 1 aliphatic rings. The molecule has 3 N–H and O–H groups in total. The number of nitrogens with one attached hydrogen (secondary N) is 2. The van der Waals surface area contributed by atoms with Crippen LogP contribution in [0.1, 0.15) is 59.8 Å². The van der Waals surface area contributed by atoms with Gasteiger partial charge in [-0.15, -0.1) is 0 Å². The first-order valence-corrected chi connectivity index (χ1v) is 11.9. The third-order valence-electron chi connectivity index (χ3n) is 6.50. The Morgan fingerprint density at radius 3 is 2.40 bits per heavy atom. The van der Waals surface area contributed by atoms with Gasteiger partial charge in [0.1, 0.15) is 17.3 Å². The van der Waals surface area contributed by atoms with Crippen LogP contribution in [0.5, 0.6) is 0 Å². The Morgan fingerprint density at radius 2 is 1.74 bits per heavy atom. The molecule has 1 heterocycles. The number of carboxylic acids is 1. The first-order valence-electron chi connectivity index (χ1n) is 11.9. The maximum atomic E-state index is 12.3. The Hall–Kier alpha value is -3.87. The molecule has 1 saturated carbocycles. The number of carbonyl (C=O) groups excluding carboxylic acids is 2. The zero-order chi connectivity index (χ0) is 24.8. The number of aliphatic carboxylic acids is 1. The van der Waals surface area contributed by atoms with E-state index in [1.54, 1.807) is 12.1 Å². The molecule has 182 valence electrons. The Labute approximate surface area is 204 Å². The van der Waals surface area contributed by atoms with Crippen molar-refractivity contribution in [1.29, 1.82) is 0 Å². The summed E-state index contributed by atoms with van der Waals surface area (Å²) < 4.78 is 6.13. The van der Waals surface area contributed by atoms with Gasteiger partial charge in [0.15, 0.2) is 0 Å². The summed E-state index contributed by atoms with van der Waals surface area (Å²) >= 11 is 0. The maximum Gasteiger partial charge on any atom is 0.305 e. The van der Waals surface area contributed by atoms with Crippen LogP contribution in [0.2, 0.25) is 0 Å². The molecule has 0 spiro atoms. The lowest BCUT2D eigenvalue weighted by atomic mass is 9.80. The third kappa shape index (κ3) is 6.18. The number of carbonyl (C=O) groups is 3. The number of aryl methyl sites for hydroxylation is 1. The van der Waals surface area contributed by atoms with Crippen LogP contribution in [-0.2, 0) is 9.59 Å². The first kappa shape index (κ1) is 24.3. The van der Waals surface area contributed by atoms with Crippen LogP contribution in [-0.4, -0.2) is 29.3 Å². The lowest BCUT2D eigenvalue weighted by Crippen LogP contribution is -2.26. The number of hydrogen-bond donors (Lipinski definition) is 3. The highest BCUT2D eigenvalue weighted by Gasteiger charge is 2.30. The Kier molecular flexibility index (Phi) is 7.65. The summed E-state index contributed by atoms with van der Waals surface area (Å²) in [6.07, 6.45) is 2.67. The van der Waals surface area contributed by atoms with Crippen LogP contribution in [0, 0.1) is 12.8 Å². The molecule has 3 aromatic rings. The monoisotopic (exact) mass is 474 g/mol. The van der Waals surface area contributed by atoms with Crippen LogP contribution in [0.15, 0.2) is 65.1 Å². The van der Waals surface area contributed by atoms with Crippen LogP contribution < -0.4 is 10.6 Å². The van der Waals surface area contributed by atoms with Crippen molar-refractivity contribution in [2.75, 3.05) is 11.9 Å². The summed E-state index contributed by atoms with van der Waals surface area (Å²) in [7, 11) is 0. The van der Waals surface area contributed by atoms with E-state index < -0.39 is 5.97 Å². The minimum atomic E-state index is -0.953. The second-order valence-electron chi connectivity index (χ2n) is 8.96. The number of anilines is 1. The van der Waals surface area contributed by atoms with Crippen LogP contribution in [0.25, 0.3) is 11.3 Å². The smallest absolute Gasteiger partial charge is 0.305 e. The standard InChI is InChI=1S/C28H30N2O5/c1-18-24(17-25(35-18)19-5-3-2-4-6-19)27(20-9-13-23(31)14-10-20)30-22-11-7-21(8-12-22)28(34)29-16-15-26(32)33/h2-8,11-12,17,20,27,30H,9-10,13-16H2,1H3,(H,29,34)(H,32,33). The minimum absolute atomic E-state index is 0.0421. The van der Waals surface area contributed by atoms with E-state index in [0.29, 0.717) is 24.2 Å². The molecule has 1 atom stereocenters. The van der Waals surface area contributed by atoms with Gasteiger partial charge in [0.2, 0.25) is 0 Å². The fourth-order valence-electron chi connectivity index (χ4n) is 4.58. The number of Topliss-reactive ketones (excluding diaryl/α,β-unsaturated/α-hetero) is 1. The number of furan rings is 1. The van der Waals surface area contributed by atoms with Gasteiger partial charge in [0.05, 0.1) is 12.5 Å². The van der Waals surface area contributed by atoms with Crippen molar-refractivity contribution in [2.24, 2.45) is 5.92 Å². The van der Waals surface area contributed by atoms with Gasteiger partial charge >= 0.3 is 5.97 Å². The van der Waals surface area contributed by atoms with Gasteiger partial charge in [-0.1, -0.05) is 30.3 Å². The number of amides is 1. The normalized spacial score (nSPS) is 14.9. The highest BCUT2D eigenvalue weighted by Crippen LogP contribution is 2.39. The maximum absolute atomic E-state index is 12.3. The molecule has 1 unspecified atom stereocenters. The van der Waals surface area contributed by atoms with Gasteiger partial charge in [-0.25, -0.2) is 0 Å². The summed E-state index contributed by atoms with van der Waals surface area (Å²) in [4.78, 5) is 34.8. The molecule has 0 aliphatic heterocycles. The summed E-state index contributed by atoms with van der Waals surface area (Å²) in [6.45, 7) is 2.05. The van der Waals surface area contributed by atoms with E-state index >= 15 is 0 Å². The summed E-state index contributed by atoms with van der Waals surface area (Å²) in [5.74, 6) is 0.972. The molecule has 35 heavy (non-hydrogen) atoms. The van der Waals surface area contributed by atoms with E-state index in [2.05, 4.69) is 16.7 Å². The van der Waals surface area contributed by atoms with Crippen molar-refractivity contribution in [3.8, 4) is 11.3 Å². The largest absolute Gasteiger partial charge is 0.481 e. The molecule has 4 rings (SSSR count). The molecule has 0 bridgehead atoms. The van der Waals surface area contributed by atoms with E-state index in [1.807, 2.05) is 49.4 Å². The number of ketones is 1. The zero-order valence-electron chi connectivity index (χ0n) is 19.8. The van der Waals surface area contributed by atoms with Gasteiger partial charge in [-0.2, -0.15) is 0 Å². The lowest BCUT2D eigenvalue weighted by molar-refractivity contribution is -0.136. The van der Waals surface area contributed by atoms with Crippen molar-refractivity contribution in [3.05, 3.63) is 77.6 Å². The molecular formula is C28H30N2O5. The minimum Gasteiger partial charge on any atom is -0.481 e. The van der Waals surface area contributed by atoms with E-state index in [9.17, 15) is 14.4 Å². The highest BCUT2D eigenvalue weighted by molar-refractivity contribution is 5.94. The van der Waals surface area contributed by atoms with Gasteiger partial charge in [-0.3, -0.25) is 14.4 Å². The predicted molar refractivity (Wildman–Crippen MR) is 133 cm³/mol. The molecule has 1 aromatic heterocycles. The van der Waals surface area contributed by atoms with Gasteiger partial charge < -0.3 is 20.2 Å². The van der Waals surface area contributed by atoms with Crippen LogP contribution >= 0.6 is 0 Å². The Bertz CT molecular complexity index is 1170. The number of hydrogen-bond acceptors (Lipinski definition) is 5. The van der Waals surface area contributed by atoms with Crippen molar-refractivity contribution < 1.29 is 23.9 Å². The van der Waals surface area contributed by atoms with Gasteiger partial charge in [0, 0.05) is 41.8 Å². The SMILES string of the molecule is Cc1oc(-c2ccccc2)cc1C(Nc1ccc(C(=O)NCCC(=O)O)cc1)C1CCC(=O)CC1. The molecule has 1 fully saturated rings. The number of carboxylic acid groups (broad SMARTS) is 1. The molecule has 2 aromatic carbocycles. The molecule has 0 saturated heterocycles. The fraction of sp³-hybridized carbons (Fsp3) is 0.321. The zero-order valence-corrected chi connectivity index (χ0v) is 19.8. The summed E-state index contributed by atoms with van der Waals surface area (Å²) in [6, 6.07) is 19.1. The molecular weight excluding hydrogens is 444 g/mol. The van der Waals surface area contributed by atoms with E-state index in [0.717, 1.165) is 41.2 Å². The van der Waals surface area contributed by atoms with Crippen LogP contribution in [0.4, 0.5) is 5.69 Å². The molecule has 7 heteroatoms. The molecule has 1 aliphatic carbocycles. The fourth-order valence-corrected chi connectivity index (χ4v) is 4.58. The highest BCUT2D eigenvalue weighted by atomic mass is 16.4. The van der Waals surface area contributed by atoms with Gasteiger partial charge in [-0.05, 0) is 56.0 Å². The average molecular weight is 475 g/mol. The second kappa shape index (κ2) is 11.0. The summed E-state index contributed by atoms with van der Waals surface area (Å²) in [5.41, 5.74) is 3.40. The first-order chi connectivity index (χ1) is 16.9. The topological polar surface area (TPSA) is 109 Å². The molecule has 1 amide bonds. The van der Waals surface area contributed by atoms with Crippen molar-refractivity contribution >= 4 is 23.3 Å². The number of rotatable bonds is 9. The lowest BCUT2D eigenvalue weighted by Gasteiger charge is -2.31. The van der Waals surface area contributed by atoms with Crippen molar-refractivity contribution in [2.45, 2.75) is 45.1 Å².